The molecular formula is C22H20BrN3O4. The van der Waals surface area contributed by atoms with Gasteiger partial charge in [-0.25, -0.2) is 0 Å². The molecule has 154 valence electrons. The predicted octanol–water partition coefficient (Wildman–Crippen LogP) is 4.55. The van der Waals surface area contributed by atoms with Crippen molar-refractivity contribution in [3.63, 3.8) is 0 Å². The highest BCUT2D eigenvalue weighted by Crippen LogP contribution is 2.24. The Bertz CT molecular complexity index is 1090. The van der Waals surface area contributed by atoms with E-state index in [1.807, 2.05) is 0 Å². The average Bonchev–Trinajstić information content (AvgIpc) is 3.18. The third kappa shape index (κ3) is 4.60. The second-order valence-electron chi connectivity index (χ2n) is 6.56. The van der Waals surface area contributed by atoms with Crippen LogP contribution in [-0.2, 0) is 4.79 Å². The number of para-hydroxylation sites is 1. The van der Waals surface area contributed by atoms with E-state index in [-0.39, 0.29) is 23.5 Å². The highest BCUT2D eigenvalue weighted by atomic mass is 79.9. The molecule has 0 aliphatic heterocycles. The molecule has 0 unspecified atom stereocenters. The molecule has 0 fully saturated rings. The Morgan fingerprint density at radius 2 is 1.57 bits per heavy atom. The Morgan fingerprint density at radius 1 is 0.900 bits per heavy atom. The van der Waals surface area contributed by atoms with Gasteiger partial charge in [0, 0.05) is 32.4 Å². The molecule has 0 saturated heterocycles. The van der Waals surface area contributed by atoms with Gasteiger partial charge < -0.3 is 19.5 Å². The monoisotopic (exact) mass is 469 g/mol. The van der Waals surface area contributed by atoms with Gasteiger partial charge in [-0.05, 0) is 64.5 Å². The number of hydrogen-bond acceptors (Lipinski definition) is 4. The maximum Gasteiger partial charge on any atom is 0.293 e. The standard InChI is InChI=1S/C22H20BrN3O4/c1-14(27)25(2)16-10-8-15(9-11-16)24-21(28)17-6-4-5-7-18(17)26(3)22(29)19-12-13-20(23)30-19/h4-13H,1-3H3,(H,24,28). The molecule has 1 aromatic heterocycles. The van der Waals surface area contributed by atoms with Crippen molar-refractivity contribution in [2.45, 2.75) is 6.92 Å². The molecule has 0 bridgehead atoms. The number of furan rings is 1. The molecular weight excluding hydrogens is 450 g/mol. The Hall–Kier alpha value is -3.39. The van der Waals surface area contributed by atoms with Crippen molar-refractivity contribution in [3.8, 4) is 0 Å². The number of hydrogen-bond donors (Lipinski definition) is 1. The Balaban J connectivity index is 1.80. The van der Waals surface area contributed by atoms with Crippen LogP contribution in [0.3, 0.4) is 0 Å². The van der Waals surface area contributed by atoms with Gasteiger partial charge in [0.1, 0.15) is 0 Å². The van der Waals surface area contributed by atoms with Gasteiger partial charge >= 0.3 is 0 Å². The third-order valence-corrected chi connectivity index (χ3v) is 5.01. The number of amides is 3. The van der Waals surface area contributed by atoms with Gasteiger partial charge in [-0.3, -0.25) is 14.4 Å². The molecule has 1 N–H and O–H groups in total. The molecule has 2 aromatic carbocycles. The largest absolute Gasteiger partial charge is 0.444 e. The molecule has 3 amide bonds. The second kappa shape index (κ2) is 8.96. The number of nitrogens with one attached hydrogen (secondary N) is 1. The number of nitrogens with zero attached hydrogens (tertiary/aromatic N) is 2. The normalized spacial score (nSPS) is 10.4. The lowest BCUT2D eigenvalue weighted by molar-refractivity contribution is -0.116. The fraction of sp³-hybridized carbons (Fsp3) is 0.136. The van der Waals surface area contributed by atoms with Crippen LogP contribution in [0.1, 0.15) is 27.8 Å². The molecule has 7 nitrogen and oxygen atoms in total. The summed E-state index contributed by atoms with van der Waals surface area (Å²) in [6.07, 6.45) is 0. The molecule has 3 rings (SSSR count). The fourth-order valence-electron chi connectivity index (χ4n) is 2.81. The summed E-state index contributed by atoms with van der Waals surface area (Å²) in [5.74, 6) is -0.669. The van der Waals surface area contributed by atoms with E-state index in [1.165, 1.54) is 16.7 Å². The fourth-order valence-corrected chi connectivity index (χ4v) is 3.12. The maximum absolute atomic E-state index is 12.9. The molecule has 8 heteroatoms. The van der Waals surface area contributed by atoms with Gasteiger partial charge in [0.15, 0.2) is 10.4 Å². The van der Waals surface area contributed by atoms with Crippen LogP contribution in [0.15, 0.2) is 69.8 Å². The summed E-state index contributed by atoms with van der Waals surface area (Å²) < 4.78 is 5.78. The van der Waals surface area contributed by atoms with Crippen molar-refractivity contribution in [2.24, 2.45) is 0 Å². The van der Waals surface area contributed by atoms with Crippen LogP contribution in [0.25, 0.3) is 0 Å². The molecule has 30 heavy (non-hydrogen) atoms. The summed E-state index contributed by atoms with van der Waals surface area (Å²) in [6.45, 7) is 1.48. The first-order valence-electron chi connectivity index (χ1n) is 9.06. The highest BCUT2D eigenvalue weighted by molar-refractivity contribution is 9.10. The molecule has 0 saturated carbocycles. The zero-order valence-electron chi connectivity index (χ0n) is 16.7. The Labute approximate surface area is 182 Å². The summed E-state index contributed by atoms with van der Waals surface area (Å²) in [5.41, 5.74) is 2.07. The first kappa shape index (κ1) is 21.3. The van der Waals surface area contributed by atoms with Crippen LogP contribution in [0.5, 0.6) is 0 Å². The van der Waals surface area contributed by atoms with Crippen LogP contribution < -0.4 is 15.1 Å². The summed E-state index contributed by atoms with van der Waals surface area (Å²) in [5, 5.41) is 2.82. The minimum atomic E-state index is -0.377. The van der Waals surface area contributed by atoms with Crippen molar-refractivity contribution >= 4 is 50.7 Å². The van der Waals surface area contributed by atoms with Crippen LogP contribution in [0.4, 0.5) is 17.1 Å². The smallest absolute Gasteiger partial charge is 0.293 e. The van der Waals surface area contributed by atoms with E-state index in [0.717, 1.165) is 5.69 Å². The van der Waals surface area contributed by atoms with Crippen molar-refractivity contribution in [3.05, 3.63) is 76.7 Å². The lowest BCUT2D eigenvalue weighted by atomic mass is 10.1. The summed E-state index contributed by atoms with van der Waals surface area (Å²) in [7, 11) is 3.26. The van der Waals surface area contributed by atoms with Gasteiger partial charge in [0.25, 0.3) is 11.8 Å². The van der Waals surface area contributed by atoms with Crippen molar-refractivity contribution in [2.75, 3.05) is 29.2 Å². The van der Waals surface area contributed by atoms with E-state index in [4.69, 9.17) is 4.42 Å². The molecule has 3 aromatic rings. The highest BCUT2D eigenvalue weighted by Gasteiger charge is 2.22. The first-order chi connectivity index (χ1) is 14.3. The van der Waals surface area contributed by atoms with Gasteiger partial charge in [-0.15, -0.1) is 0 Å². The van der Waals surface area contributed by atoms with E-state index >= 15 is 0 Å². The molecule has 0 aliphatic carbocycles. The van der Waals surface area contributed by atoms with E-state index in [9.17, 15) is 14.4 Å². The third-order valence-electron chi connectivity index (χ3n) is 4.58. The molecule has 0 atom stereocenters. The molecule has 0 aliphatic rings. The minimum absolute atomic E-state index is 0.0861. The van der Waals surface area contributed by atoms with E-state index < -0.39 is 0 Å². The maximum atomic E-state index is 12.9. The van der Waals surface area contributed by atoms with Crippen LogP contribution in [-0.4, -0.2) is 31.8 Å². The van der Waals surface area contributed by atoms with Crippen molar-refractivity contribution in [1.82, 2.24) is 0 Å². The second-order valence-corrected chi connectivity index (χ2v) is 7.35. The quantitative estimate of drug-likeness (QED) is 0.593. The summed E-state index contributed by atoms with van der Waals surface area (Å²) in [4.78, 5) is 39.9. The van der Waals surface area contributed by atoms with Crippen molar-refractivity contribution in [1.29, 1.82) is 0 Å². The number of anilines is 3. The Morgan fingerprint density at radius 3 is 2.17 bits per heavy atom. The van der Waals surface area contributed by atoms with E-state index in [1.54, 1.807) is 74.8 Å². The lowest BCUT2D eigenvalue weighted by Gasteiger charge is -2.19. The zero-order chi connectivity index (χ0) is 21.8. The lowest BCUT2D eigenvalue weighted by Crippen LogP contribution is -2.28. The number of halogens is 1. The summed E-state index contributed by atoms with van der Waals surface area (Å²) >= 11 is 3.18. The number of rotatable bonds is 5. The molecule has 0 spiro atoms. The Kier molecular flexibility index (Phi) is 6.37. The number of benzene rings is 2. The SMILES string of the molecule is CC(=O)N(C)c1ccc(NC(=O)c2ccccc2N(C)C(=O)c2ccc(Br)o2)cc1. The first-order valence-corrected chi connectivity index (χ1v) is 9.85. The topological polar surface area (TPSA) is 82.9 Å². The number of carbonyl (C=O) groups is 3. The molecule has 0 radical (unpaired) electrons. The van der Waals surface area contributed by atoms with Crippen LogP contribution in [0.2, 0.25) is 0 Å². The number of carbonyl (C=O) groups excluding carboxylic acids is 3. The minimum Gasteiger partial charge on any atom is -0.444 e. The van der Waals surface area contributed by atoms with Crippen LogP contribution >= 0.6 is 15.9 Å². The van der Waals surface area contributed by atoms with Gasteiger partial charge in [-0.2, -0.15) is 0 Å². The average molecular weight is 470 g/mol. The van der Waals surface area contributed by atoms with E-state index in [2.05, 4.69) is 21.2 Å². The summed E-state index contributed by atoms with van der Waals surface area (Å²) in [6, 6.07) is 16.9. The van der Waals surface area contributed by atoms with E-state index in [0.29, 0.717) is 21.6 Å². The zero-order valence-corrected chi connectivity index (χ0v) is 18.3. The van der Waals surface area contributed by atoms with Gasteiger partial charge in [0.05, 0.1) is 11.3 Å². The van der Waals surface area contributed by atoms with Gasteiger partial charge in [0.2, 0.25) is 5.91 Å². The van der Waals surface area contributed by atoms with Crippen LogP contribution in [0, 0.1) is 0 Å². The molecule has 1 heterocycles. The van der Waals surface area contributed by atoms with Crippen molar-refractivity contribution < 1.29 is 18.8 Å². The van der Waals surface area contributed by atoms with Gasteiger partial charge in [-0.1, -0.05) is 12.1 Å². The predicted molar refractivity (Wildman–Crippen MR) is 119 cm³/mol.